The average molecular weight is 778 g/mol. The van der Waals surface area contributed by atoms with E-state index in [-0.39, 0.29) is 16.1 Å². The molecule has 4 heterocycles. The molecule has 0 atom stereocenters. The van der Waals surface area contributed by atoms with Gasteiger partial charge < -0.3 is 23.5 Å². The second-order valence-corrected chi connectivity index (χ2v) is 14.0. The van der Waals surface area contributed by atoms with Crippen LogP contribution in [0.5, 0.6) is 0 Å². The standard InChI is InChI=1S/C23H21N3O2.C17H15ClN2O2.C7H8/c1-16-22(17(2)28-25-16)19-13-21(24-20-11-7-4-8-12-20)23(27)26(15-19)14-18-9-5-3-6-10-18;1-11-16(12(2)22-19-11)14-8-15(18)17(21)20(10-14)9-13-6-4-3-5-7-13;1-7-5-3-2-4-6-7/h3-13,15,24H,14H2,1-2H3;3-8,10H,9H2,1-2H3;2-6H,1H3. The number of rotatable bonds is 8. The second kappa shape index (κ2) is 18.8. The zero-order valence-electron chi connectivity index (χ0n) is 32.6. The van der Waals surface area contributed by atoms with Crippen LogP contribution in [0.4, 0.5) is 11.4 Å². The lowest BCUT2D eigenvalue weighted by molar-refractivity contribution is 0.393. The third-order valence-corrected chi connectivity index (χ3v) is 9.43. The largest absolute Gasteiger partial charge is 0.361 e. The van der Waals surface area contributed by atoms with Crippen molar-refractivity contribution < 1.29 is 9.05 Å². The third kappa shape index (κ3) is 10.3. The predicted octanol–water partition coefficient (Wildman–Crippen LogP) is 10.7. The fourth-order valence-corrected chi connectivity index (χ4v) is 6.62. The van der Waals surface area contributed by atoms with Gasteiger partial charge in [-0.3, -0.25) is 9.59 Å². The molecule has 0 aliphatic heterocycles. The van der Waals surface area contributed by atoms with Gasteiger partial charge in [0.1, 0.15) is 22.2 Å². The number of para-hydroxylation sites is 1. The fraction of sp³-hybridized carbons (Fsp3) is 0.149. The molecule has 0 aliphatic rings. The summed E-state index contributed by atoms with van der Waals surface area (Å²) in [5.41, 5.74) is 9.60. The van der Waals surface area contributed by atoms with Gasteiger partial charge in [0.2, 0.25) is 0 Å². The first-order valence-corrected chi connectivity index (χ1v) is 18.9. The van der Waals surface area contributed by atoms with E-state index in [0.717, 1.165) is 56.2 Å². The molecule has 4 aromatic heterocycles. The maximum atomic E-state index is 13.1. The molecular formula is C47H44ClN5O4. The van der Waals surface area contributed by atoms with Crippen LogP contribution in [-0.4, -0.2) is 19.4 Å². The van der Waals surface area contributed by atoms with E-state index in [0.29, 0.717) is 24.5 Å². The zero-order valence-corrected chi connectivity index (χ0v) is 33.3. The van der Waals surface area contributed by atoms with Gasteiger partial charge in [0.15, 0.2) is 0 Å². The Hall–Kier alpha value is -6.71. The smallest absolute Gasteiger partial charge is 0.274 e. The Morgan fingerprint density at radius 2 is 0.982 bits per heavy atom. The third-order valence-electron chi connectivity index (χ3n) is 9.16. The summed E-state index contributed by atoms with van der Waals surface area (Å²) >= 11 is 6.12. The first-order chi connectivity index (χ1) is 27.6. The molecule has 0 saturated carbocycles. The summed E-state index contributed by atoms with van der Waals surface area (Å²) in [6.07, 6.45) is 3.67. The Labute approximate surface area is 336 Å². The topological polar surface area (TPSA) is 108 Å². The van der Waals surface area contributed by atoms with E-state index in [2.05, 4.69) is 34.7 Å². The molecule has 57 heavy (non-hydrogen) atoms. The van der Waals surface area contributed by atoms with Crippen molar-refractivity contribution in [2.24, 2.45) is 0 Å². The minimum absolute atomic E-state index is 0.0804. The molecule has 9 nitrogen and oxygen atoms in total. The van der Waals surface area contributed by atoms with Crippen molar-refractivity contribution in [2.45, 2.75) is 47.7 Å². The summed E-state index contributed by atoms with van der Waals surface area (Å²) in [6.45, 7) is 10.5. The van der Waals surface area contributed by atoms with E-state index >= 15 is 0 Å². The molecule has 0 saturated heterocycles. The van der Waals surface area contributed by atoms with Crippen molar-refractivity contribution in [1.29, 1.82) is 0 Å². The molecule has 0 radical (unpaired) electrons. The molecule has 8 aromatic rings. The molecule has 288 valence electrons. The van der Waals surface area contributed by atoms with Crippen molar-refractivity contribution in [3.05, 3.63) is 211 Å². The van der Waals surface area contributed by atoms with Gasteiger partial charge in [0, 0.05) is 40.3 Å². The lowest BCUT2D eigenvalue weighted by Gasteiger charge is -2.13. The zero-order chi connectivity index (χ0) is 40.3. The molecule has 0 amide bonds. The van der Waals surface area contributed by atoms with E-state index in [1.54, 1.807) is 21.4 Å². The van der Waals surface area contributed by atoms with Gasteiger partial charge in [-0.15, -0.1) is 0 Å². The Morgan fingerprint density at radius 3 is 1.40 bits per heavy atom. The number of hydrogen-bond acceptors (Lipinski definition) is 7. The van der Waals surface area contributed by atoms with Gasteiger partial charge in [-0.25, -0.2) is 0 Å². The highest BCUT2D eigenvalue weighted by molar-refractivity contribution is 6.30. The minimum Gasteiger partial charge on any atom is -0.361 e. The summed E-state index contributed by atoms with van der Waals surface area (Å²) < 4.78 is 13.9. The van der Waals surface area contributed by atoms with E-state index in [1.807, 2.05) is 149 Å². The number of halogens is 1. The van der Waals surface area contributed by atoms with Crippen LogP contribution in [-0.2, 0) is 13.1 Å². The number of anilines is 2. The number of hydrogen-bond donors (Lipinski definition) is 1. The maximum absolute atomic E-state index is 13.1. The molecule has 10 heteroatoms. The van der Waals surface area contributed by atoms with Crippen LogP contribution in [0, 0.1) is 34.6 Å². The summed E-state index contributed by atoms with van der Waals surface area (Å²) in [5, 5.41) is 11.5. The normalized spacial score (nSPS) is 10.6. The lowest BCUT2D eigenvalue weighted by Crippen LogP contribution is -2.23. The first-order valence-electron chi connectivity index (χ1n) is 18.5. The van der Waals surface area contributed by atoms with E-state index in [1.165, 1.54) is 5.56 Å². The van der Waals surface area contributed by atoms with E-state index < -0.39 is 0 Å². The number of benzene rings is 4. The lowest BCUT2D eigenvalue weighted by atomic mass is 10.1. The van der Waals surface area contributed by atoms with Crippen LogP contribution >= 0.6 is 11.6 Å². The van der Waals surface area contributed by atoms with Crippen molar-refractivity contribution in [3.8, 4) is 22.3 Å². The molecule has 0 spiro atoms. The highest BCUT2D eigenvalue weighted by Crippen LogP contribution is 2.29. The van der Waals surface area contributed by atoms with Gasteiger partial charge >= 0.3 is 0 Å². The number of aromatic nitrogens is 4. The summed E-state index contributed by atoms with van der Waals surface area (Å²) in [6, 6.07) is 43.2. The van der Waals surface area contributed by atoms with E-state index in [9.17, 15) is 9.59 Å². The maximum Gasteiger partial charge on any atom is 0.274 e. The second-order valence-electron chi connectivity index (χ2n) is 13.6. The van der Waals surface area contributed by atoms with Crippen LogP contribution in [0.25, 0.3) is 22.3 Å². The molecule has 0 unspecified atom stereocenters. The number of aryl methyl sites for hydroxylation is 5. The highest BCUT2D eigenvalue weighted by atomic mass is 35.5. The van der Waals surface area contributed by atoms with Gasteiger partial charge in [-0.2, -0.15) is 0 Å². The fourth-order valence-electron chi connectivity index (χ4n) is 6.39. The average Bonchev–Trinajstić information content (AvgIpc) is 3.74. The number of nitrogens with zero attached hydrogens (tertiary/aromatic N) is 4. The van der Waals surface area contributed by atoms with Crippen LogP contribution < -0.4 is 16.4 Å². The molecule has 0 fully saturated rings. The molecule has 0 bridgehead atoms. The quantitative estimate of drug-likeness (QED) is 0.164. The molecule has 4 aromatic carbocycles. The molecule has 0 aliphatic carbocycles. The number of pyridine rings is 2. The molecule has 1 N–H and O–H groups in total. The van der Waals surface area contributed by atoms with Gasteiger partial charge in [-0.05, 0) is 70.0 Å². The Kier molecular flexibility index (Phi) is 13.1. The monoisotopic (exact) mass is 777 g/mol. The van der Waals surface area contributed by atoms with E-state index in [4.69, 9.17) is 20.6 Å². The Morgan fingerprint density at radius 1 is 0.561 bits per heavy atom. The van der Waals surface area contributed by atoms with Crippen LogP contribution in [0.1, 0.15) is 39.6 Å². The summed E-state index contributed by atoms with van der Waals surface area (Å²) in [4.78, 5) is 25.4. The van der Waals surface area contributed by atoms with Crippen LogP contribution in [0.2, 0.25) is 5.02 Å². The minimum atomic E-state index is -0.207. The Balaban J connectivity index is 0.000000168. The van der Waals surface area contributed by atoms with Gasteiger partial charge in [0.05, 0.1) is 24.5 Å². The Bertz CT molecular complexity index is 2550. The van der Waals surface area contributed by atoms with Crippen LogP contribution in [0.3, 0.4) is 0 Å². The summed E-state index contributed by atoms with van der Waals surface area (Å²) in [5.74, 6) is 1.44. The molecule has 8 rings (SSSR count). The van der Waals surface area contributed by atoms with Crippen molar-refractivity contribution in [1.82, 2.24) is 19.4 Å². The SMILES string of the molecule is Cc1ccccc1.Cc1noc(C)c1-c1cc(Cl)c(=O)n(Cc2ccccc2)c1.Cc1noc(C)c1-c1cc(Nc2ccccc2)c(=O)n(Cc2ccccc2)c1. The van der Waals surface area contributed by atoms with Crippen LogP contribution in [0.15, 0.2) is 164 Å². The predicted molar refractivity (Wildman–Crippen MR) is 228 cm³/mol. The van der Waals surface area contributed by atoms with Crippen molar-refractivity contribution >= 4 is 23.0 Å². The summed E-state index contributed by atoms with van der Waals surface area (Å²) in [7, 11) is 0. The first kappa shape index (κ1) is 40.0. The van der Waals surface area contributed by atoms with Crippen molar-refractivity contribution in [2.75, 3.05) is 5.32 Å². The van der Waals surface area contributed by atoms with Gasteiger partial charge in [-0.1, -0.05) is 137 Å². The molecular weight excluding hydrogens is 734 g/mol. The highest BCUT2D eigenvalue weighted by Gasteiger charge is 2.17. The van der Waals surface area contributed by atoms with Gasteiger partial charge in [0.25, 0.3) is 11.1 Å². The van der Waals surface area contributed by atoms with Crippen molar-refractivity contribution in [3.63, 3.8) is 0 Å². The number of nitrogens with one attached hydrogen (secondary N) is 1.